The van der Waals surface area contributed by atoms with E-state index in [9.17, 15) is 0 Å². The van der Waals surface area contributed by atoms with Crippen LogP contribution in [0.25, 0.3) is 0 Å². The van der Waals surface area contributed by atoms with Crippen LogP contribution in [-0.4, -0.2) is 23.6 Å². The molecule has 11 heavy (non-hydrogen) atoms. The smallest absolute Gasteiger partial charge is 0.0658 e. The lowest BCUT2D eigenvalue weighted by Crippen LogP contribution is -2.32. The van der Waals surface area contributed by atoms with Gasteiger partial charge in [-0.05, 0) is 26.0 Å². The minimum Gasteiger partial charge on any atom is -0.303 e. The van der Waals surface area contributed by atoms with Crippen LogP contribution in [0.4, 0.5) is 0 Å². The van der Waals surface area contributed by atoms with E-state index in [1.165, 1.54) is 12.8 Å². The SMILES string of the molecule is C#CC(C)NCC1(SC)CC1. The van der Waals surface area contributed by atoms with Crippen molar-refractivity contribution in [1.82, 2.24) is 5.32 Å². The van der Waals surface area contributed by atoms with Crippen molar-refractivity contribution in [2.45, 2.75) is 30.6 Å². The molecule has 0 aromatic heterocycles. The first-order chi connectivity index (χ1) is 5.22. The van der Waals surface area contributed by atoms with Gasteiger partial charge >= 0.3 is 0 Å². The summed E-state index contributed by atoms with van der Waals surface area (Å²) in [6.45, 7) is 3.09. The van der Waals surface area contributed by atoms with E-state index in [0.717, 1.165) is 6.54 Å². The second-order valence-electron chi connectivity index (χ2n) is 3.16. The van der Waals surface area contributed by atoms with Crippen LogP contribution in [0.3, 0.4) is 0 Å². The summed E-state index contributed by atoms with van der Waals surface area (Å²) in [6, 6.07) is 0.222. The van der Waals surface area contributed by atoms with Crippen LogP contribution >= 0.6 is 11.8 Å². The Morgan fingerprint density at radius 2 is 2.36 bits per heavy atom. The van der Waals surface area contributed by atoms with Crippen molar-refractivity contribution >= 4 is 11.8 Å². The third-order valence-electron chi connectivity index (χ3n) is 2.22. The van der Waals surface area contributed by atoms with Crippen LogP contribution in [0.1, 0.15) is 19.8 Å². The summed E-state index contributed by atoms with van der Waals surface area (Å²) in [5, 5.41) is 3.33. The highest BCUT2D eigenvalue weighted by Gasteiger charge is 2.41. The van der Waals surface area contributed by atoms with Crippen LogP contribution in [0, 0.1) is 12.3 Å². The van der Waals surface area contributed by atoms with Gasteiger partial charge in [0.25, 0.3) is 0 Å². The van der Waals surface area contributed by atoms with Gasteiger partial charge in [-0.25, -0.2) is 0 Å². The zero-order valence-electron chi connectivity index (χ0n) is 7.18. The summed E-state index contributed by atoms with van der Waals surface area (Å²) in [5.41, 5.74) is 0. The Bertz CT molecular complexity index is 167. The van der Waals surface area contributed by atoms with E-state index in [4.69, 9.17) is 6.42 Å². The molecule has 0 heterocycles. The second-order valence-corrected chi connectivity index (χ2v) is 4.43. The fraction of sp³-hybridized carbons (Fsp3) is 0.778. The molecule has 1 atom stereocenters. The van der Waals surface area contributed by atoms with Crippen molar-refractivity contribution in [2.75, 3.05) is 12.8 Å². The summed E-state index contributed by atoms with van der Waals surface area (Å²) < 4.78 is 0.533. The van der Waals surface area contributed by atoms with Crippen LogP contribution < -0.4 is 5.32 Å². The van der Waals surface area contributed by atoms with Crippen LogP contribution in [0.2, 0.25) is 0 Å². The standard InChI is InChI=1S/C9H15NS/c1-4-8(2)10-7-9(11-3)5-6-9/h1,8,10H,5-7H2,2-3H3. The zero-order valence-corrected chi connectivity index (χ0v) is 8.00. The van der Waals surface area contributed by atoms with Gasteiger partial charge in [0.2, 0.25) is 0 Å². The van der Waals surface area contributed by atoms with Gasteiger partial charge in [0.15, 0.2) is 0 Å². The maximum absolute atomic E-state index is 5.24. The van der Waals surface area contributed by atoms with Crippen molar-refractivity contribution in [1.29, 1.82) is 0 Å². The van der Waals surface area contributed by atoms with E-state index in [1.54, 1.807) is 0 Å². The molecule has 0 bridgehead atoms. The van der Waals surface area contributed by atoms with Gasteiger partial charge in [0, 0.05) is 11.3 Å². The minimum absolute atomic E-state index is 0.222. The molecule has 1 saturated carbocycles. The fourth-order valence-electron chi connectivity index (χ4n) is 0.991. The van der Waals surface area contributed by atoms with Crippen LogP contribution in [0.15, 0.2) is 0 Å². The minimum atomic E-state index is 0.222. The van der Waals surface area contributed by atoms with E-state index in [-0.39, 0.29) is 6.04 Å². The van der Waals surface area contributed by atoms with Crippen molar-refractivity contribution < 1.29 is 0 Å². The quantitative estimate of drug-likeness (QED) is 0.640. The molecule has 1 unspecified atom stereocenters. The maximum atomic E-state index is 5.24. The summed E-state index contributed by atoms with van der Waals surface area (Å²) in [6.07, 6.45) is 10.1. The number of terminal acetylenes is 1. The molecule has 62 valence electrons. The van der Waals surface area contributed by atoms with Crippen molar-refractivity contribution in [3.63, 3.8) is 0 Å². The molecule has 1 nitrogen and oxygen atoms in total. The maximum Gasteiger partial charge on any atom is 0.0658 e. The van der Waals surface area contributed by atoms with E-state index < -0.39 is 0 Å². The highest BCUT2D eigenvalue weighted by atomic mass is 32.2. The predicted octanol–water partition coefficient (Wildman–Crippen LogP) is 1.49. The van der Waals surface area contributed by atoms with Crippen molar-refractivity contribution in [3.05, 3.63) is 0 Å². The van der Waals surface area contributed by atoms with Crippen LogP contribution in [-0.2, 0) is 0 Å². The third kappa shape index (κ3) is 2.43. The Morgan fingerprint density at radius 1 is 1.73 bits per heavy atom. The molecule has 0 aliphatic heterocycles. The Morgan fingerprint density at radius 3 is 2.73 bits per heavy atom. The molecular weight excluding hydrogens is 154 g/mol. The number of thioether (sulfide) groups is 1. The largest absolute Gasteiger partial charge is 0.303 e. The van der Waals surface area contributed by atoms with Gasteiger partial charge < -0.3 is 5.32 Å². The molecule has 0 spiro atoms. The lowest BCUT2D eigenvalue weighted by molar-refractivity contribution is 0.627. The lowest BCUT2D eigenvalue weighted by atomic mass is 10.3. The molecule has 0 aromatic rings. The fourth-order valence-corrected chi connectivity index (χ4v) is 1.73. The topological polar surface area (TPSA) is 12.0 Å². The Hall–Kier alpha value is -0.130. The Labute approximate surface area is 73.3 Å². The molecular formula is C9H15NS. The molecule has 0 aromatic carbocycles. The molecule has 1 rings (SSSR count). The Kier molecular flexibility index (Phi) is 2.86. The number of nitrogens with one attached hydrogen (secondary N) is 1. The van der Waals surface area contributed by atoms with Gasteiger partial charge in [0.1, 0.15) is 0 Å². The predicted molar refractivity (Wildman–Crippen MR) is 51.8 cm³/mol. The average molecular weight is 169 g/mol. The first kappa shape index (κ1) is 8.96. The molecule has 0 amide bonds. The molecule has 1 aliphatic rings. The summed E-state index contributed by atoms with van der Waals surface area (Å²) in [7, 11) is 0. The number of hydrogen-bond acceptors (Lipinski definition) is 2. The molecule has 1 fully saturated rings. The van der Waals surface area contributed by atoms with E-state index in [2.05, 4.69) is 17.5 Å². The van der Waals surface area contributed by atoms with Gasteiger partial charge in [0.05, 0.1) is 6.04 Å². The number of hydrogen-bond donors (Lipinski definition) is 1. The lowest BCUT2D eigenvalue weighted by Gasteiger charge is -2.14. The number of rotatable bonds is 4. The summed E-state index contributed by atoms with van der Waals surface area (Å²) in [5.74, 6) is 2.67. The molecule has 1 aliphatic carbocycles. The Balaban J connectivity index is 2.18. The van der Waals surface area contributed by atoms with Gasteiger partial charge in [-0.2, -0.15) is 11.8 Å². The first-order valence-electron chi connectivity index (χ1n) is 3.97. The monoisotopic (exact) mass is 169 g/mol. The van der Waals surface area contributed by atoms with E-state index in [0.29, 0.717) is 4.75 Å². The van der Waals surface area contributed by atoms with Crippen molar-refractivity contribution in [3.8, 4) is 12.3 Å². The second kappa shape index (κ2) is 3.51. The van der Waals surface area contributed by atoms with E-state index in [1.807, 2.05) is 18.7 Å². The van der Waals surface area contributed by atoms with Crippen LogP contribution in [0.5, 0.6) is 0 Å². The average Bonchev–Trinajstić information content (AvgIpc) is 2.81. The van der Waals surface area contributed by atoms with E-state index >= 15 is 0 Å². The van der Waals surface area contributed by atoms with Gasteiger partial charge in [-0.3, -0.25) is 0 Å². The molecule has 2 heteroatoms. The molecule has 1 N–H and O–H groups in total. The molecule has 0 saturated heterocycles. The van der Waals surface area contributed by atoms with Gasteiger partial charge in [-0.15, -0.1) is 6.42 Å². The van der Waals surface area contributed by atoms with Crippen molar-refractivity contribution in [2.24, 2.45) is 0 Å². The molecule has 0 radical (unpaired) electrons. The third-order valence-corrected chi connectivity index (χ3v) is 3.64. The highest BCUT2D eigenvalue weighted by Crippen LogP contribution is 2.46. The van der Waals surface area contributed by atoms with Gasteiger partial charge in [-0.1, -0.05) is 5.92 Å². The first-order valence-corrected chi connectivity index (χ1v) is 5.19. The summed E-state index contributed by atoms with van der Waals surface area (Å²) in [4.78, 5) is 0. The highest BCUT2D eigenvalue weighted by molar-refractivity contribution is 8.00. The zero-order chi connectivity index (χ0) is 8.32. The summed E-state index contributed by atoms with van der Waals surface area (Å²) >= 11 is 1.96. The normalized spacial score (nSPS) is 22.3.